The van der Waals surface area contributed by atoms with Gasteiger partial charge in [-0.05, 0) is 35.0 Å². The molecule has 1 rings (SSSR count). The Bertz CT molecular complexity index is 212. The minimum atomic E-state index is 0.700. The SMILES string of the molecule is NCCCNc1occc1Br. The van der Waals surface area contributed by atoms with Crippen molar-refractivity contribution in [3.63, 3.8) is 0 Å². The fourth-order valence-electron chi connectivity index (χ4n) is 0.724. The first kappa shape index (κ1) is 8.62. The number of nitrogens with one attached hydrogen (secondary N) is 1. The molecule has 0 aliphatic rings. The Hall–Kier alpha value is -0.480. The van der Waals surface area contributed by atoms with E-state index >= 15 is 0 Å². The topological polar surface area (TPSA) is 51.2 Å². The highest BCUT2D eigenvalue weighted by Gasteiger charge is 1.99. The lowest BCUT2D eigenvalue weighted by molar-refractivity contribution is 0.576. The van der Waals surface area contributed by atoms with Crippen molar-refractivity contribution in [2.45, 2.75) is 6.42 Å². The van der Waals surface area contributed by atoms with Crippen molar-refractivity contribution < 1.29 is 4.42 Å². The second-order valence-electron chi connectivity index (χ2n) is 2.17. The first-order valence-corrected chi connectivity index (χ1v) is 4.31. The van der Waals surface area contributed by atoms with Crippen LogP contribution in [0.4, 0.5) is 5.88 Å². The van der Waals surface area contributed by atoms with Crippen molar-refractivity contribution in [2.75, 3.05) is 18.4 Å². The average Bonchev–Trinajstić information content (AvgIpc) is 2.37. The molecule has 3 N–H and O–H groups in total. The largest absolute Gasteiger partial charge is 0.448 e. The molecule has 1 heterocycles. The third-order valence-electron chi connectivity index (χ3n) is 1.28. The second kappa shape index (κ2) is 4.41. The Labute approximate surface area is 74.1 Å². The molecular formula is C7H11BrN2O. The van der Waals surface area contributed by atoms with E-state index in [0.717, 1.165) is 23.3 Å². The van der Waals surface area contributed by atoms with Gasteiger partial charge in [0.25, 0.3) is 0 Å². The van der Waals surface area contributed by atoms with Crippen LogP contribution in [0.3, 0.4) is 0 Å². The summed E-state index contributed by atoms with van der Waals surface area (Å²) < 4.78 is 6.07. The van der Waals surface area contributed by atoms with Crippen LogP contribution in [0, 0.1) is 0 Å². The van der Waals surface area contributed by atoms with Crippen LogP contribution in [0.2, 0.25) is 0 Å². The third kappa shape index (κ3) is 2.55. The lowest BCUT2D eigenvalue weighted by Gasteiger charge is -2.00. The smallest absolute Gasteiger partial charge is 0.206 e. The van der Waals surface area contributed by atoms with Gasteiger partial charge in [0.2, 0.25) is 5.88 Å². The molecule has 0 saturated carbocycles. The van der Waals surface area contributed by atoms with Crippen molar-refractivity contribution in [1.29, 1.82) is 0 Å². The van der Waals surface area contributed by atoms with Crippen LogP contribution in [-0.2, 0) is 0 Å². The van der Waals surface area contributed by atoms with E-state index in [1.807, 2.05) is 6.07 Å². The predicted octanol–water partition coefficient (Wildman–Crippen LogP) is 1.80. The average molecular weight is 219 g/mol. The lowest BCUT2D eigenvalue weighted by Crippen LogP contribution is -2.07. The fraction of sp³-hybridized carbons (Fsp3) is 0.429. The summed E-state index contributed by atoms with van der Waals surface area (Å²) >= 11 is 3.33. The predicted molar refractivity (Wildman–Crippen MR) is 48.6 cm³/mol. The molecule has 0 spiro atoms. The molecule has 0 fully saturated rings. The molecule has 0 aliphatic carbocycles. The summed E-state index contributed by atoms with van der Waals surface area (Å²) in [5.74, 6) is 0.776. The van der Waals surface area contributed by atoms with Crippen LogP contribution < -0.4 is 11.1 Å². The Kier molecular flexibility index (Phi) is 3.45. The van der Waals surface area contributed by atoms with E-state index < -0.39 is 0 Å². The standard InChI is InChI=1S/C7H11BrN2O/c8-6-2-5-11-7(6)10-4-1-3-9/h2,5,10H,1,3-4,9H2. The maximum absolute atomic E-state index is 5.32. The van der Waals surface area contributed by atoms with Gasteiger partial charge in [-0.1, -0.05) is 0 Å². The van der Waals surface area contributed by atoms with Gasteiger partial charge in [-0.25, -0.2) is 0 Å². The van der Waals surface area contributed by atoms with Crippen LogP contribution in [-0.4, -0.2) is 13.1 Å². The molecule has 0 aromatic carbocycles. The van der Waals surface area contributed by atoms with Gasteiger partial charge in [0.1, 0.15) is 0 Å². The number of anilines is 1. The van der Waals surface area contributed by atoms with Gasteiger partial charge >= 0.3 is 0 Å². The second-order valence-corrected chi connectivity index (χ2v) is 3.02. The van der Waals surface area contributed by atoms with Crippen molar-refractivity contribution in [2.24, 2.45) is 5.73 Å². The zero-order valence-electron chi connectivity index (χ0n) is 6.14. The molecule has 3 nitrogen and oxygen atoms in total. The first-order valence-electron chi connectivity index (χ1n) is 3.51. The summed E-state index contributed by atoms with van der Waals surface area (Å²) in [4.78, 5) is 0. The summed E-state index contributed by atoms with van der Waals surface area (Å²) in [7, 11) is 0. The minimum absolute atomic E-state index is 0.700. The molecular weight excluding hydrogens is 208 g/mol. The van der Waals surface area contributed by atoms with E-state index in [0.29, 0.717) is 6.54 Å². The number of rotatable bonds is 4. The van der Waals surface area contributed by atoms with Gasteiger partial charge in [-0.15, -0.1) is 0 Å². The summed E-state index contributed by atoms with van der Waals surface area (Å²) in [5, 5.41) is 3.10. The van der Waals surface area contributed by atoms with Crippen LogP contribution in [0.25, 0.3) is 0 Å². The highest BCUT2D eigenvalue weighted by atomic mass is 79.9. The van der Waals surface area contributed by atoms with Crippen molar-refractivity contribution >= 4 is 21.8 Å². The van der Waals surface area contributed by atoms with Gasteiger partial charge in [-0.3, -0.25) is 0 Å². The molecule has 1 aromatic heterocycles. The van der Waals surface area contributed by atoms with Crippen LogP contribution in [0.5, 0.6) is 0 Å². The van der Waals surface area contributed by atoms with Gasteiger partial charge in [-0.2, -0.15) is 0 Å². The third-order valence-corrected chi connectivity index (χ3v) is 1.91. The number of hydrogen-bond donors (Lipinski definition) is 2. The maximum atomic E-state index is 5.32. The van der Waals surface area contributed by atoms with Crippen molar-refractivity contribution in [3.05, 3.63) is 16.8 Å². The molecule has 0 unspecified atom stereocenters. The Morgan fingerprint density at radius 3 is 3.00 bits per heavy atom. The number of furan rings is 1. The van der Waals surface area contributed by atoms with Crippen molar-refractivity contribution in [1.82, 2.24) is 0 Å². The molecule has 0 bridgehead atoms. The number of nitrogens with two attached hydrogens (primary N) is 1. The van der Waals surface area contributed by atoms with Crippen LogP contribution in [0.1, 0.15) is 6.42 Å². The zero-order chi connectivity index (χ0) is 8.10. The highest BCUT2D eigenvalue weighted by molar-refractivity contribution is 9.10. The monoisotopic (exact) mass is 218 g/mol. The molecule has 0 aliphatic heterocycles. The molecule has 0 amide bonds. The van der Waals surface area contributed by atoms with E-state index in [4.69, 9.17) is 10.2 Å². The Morgan fingerprint density at radius 1 is 1.64 bits per heavy atom. The molecule has 1 aromatic rings. The van der Waals surface area contributed by atoms with Gasteiger partial charge in [0.05, 0.1) is 10.7 Å². The fourth-order valence-corrected chi connectivity index (χ4v) is 1.07. The molecule has 4 heteroatoms. The minimum Gasteiger partial charge on any atom is -0.448 e. The van der Waals surface area contributed by atoms with Crippen LogP contribution >= 0.6 is 15.9 Å². The molecule has 0 radical (unpaired) electrons. The molecule has 62 valence electrons. The maximum Gasteiger partial charge on any atom is 0.206 e. The number of hydrogen-bond acceptors (Lipinski definition) is 3. The normalized spacial score (nSPS) is 10.0. The van der Waals surface area contributed by atoms with Gasteiger partial charge in [0.15, 0.2) is 0 Å². The van der Waals surface area contributed by atoms with E-state index in [9.17, 15) is 0 Å². The molecule has 0 saturated heterocycles. The lowest BCUT2D eigenvalue weighted by atomic mass is 10.4. The van der Waals surface area contributed by atoms with Gasteiger partial charge in [0, 0.05) is 6.54 Å². The Balaban J connectivity index is 2.32. The molecule has 11 heavy (non-hydrogen) atoms. The highest BCUT2D eigenvalue weighted by Crippen LogP contribution is 2.22. The summed E-state index contributed by atoms with van der Waals surface area (Å²) in [6.07, 6.45) is 2.59. The summed E-state index contributed by atoms with van der Waals surface area (Å²) in [6, 6.07) is 1.85. The Morgan fingerprint density at radius 2 is 2.45 bits per heavy atom. The first-order chi connectivity index (χ1) is 5.34. The number of halogens is 1. The summed E-state index contributed by atoms with van der Waals surface area (Å²) in [6.45, 7) is 1.55. The zero-order valence-corrected chi connectivity index (χ0v) is 7.73. The van der Waals surface area contributed by atoms with E-state index in [2.05, 4.69) is 21.2 Å². The van der Waals surface area contributed by atoms with Crippen LogP contribution in [0.15, 0.2) is 21.2 Å². The van der Waals surface area contributed by atoms with E-state index in [-0.39, 0.29) is 0 Å². The van der Waals surface area contributed by atoms with Gasteiger partial charge < -0.3 is 15.5 Å². The quantitative estimate of drug-likeness (QED) is 0.759. The summed E-state index contributed by atoms with van der Waals surface area (Å²) in [5.41, 5.74) is 5.32. The van der Waals surface area contributed by atoms with Crippen molar-refractivity contribution in [3.8, 4) is 0 Å². The van der Waals surface area contributed by atoms with E-state index in [1.165, 1.54) is 0 Å². The molecule has 0 atom stereocenters. The van der Waals surface area contributed by atoms with E-state index in [1.54, 1.807) is 6.26 Å².